The number of aromatic nitrogens is 1. The Hall–Kier alpha value is -3.75. The van der Waals surface area contributed by atoms with Crippen LogP contribution in [-0.2, 0) is 22.4 Å². The molecule has 154 valence electrons. The average Bonchev–Trinajstić information content (AvgIpc) is 3.11. The molecule has 1 aliphatic rings. The van der Waals surface area contributed by atoms with Crippen molar-refractivity contribution in [1.82, 2.24) is 4.98 Å². The summed E-state index contributed by atoms with van der Waals surface area (Å²) in [5.74, 6) is -2.32. The Morgan fingerprint density at radius 2 is 1.97 bits per heavy atom. The number of aryl methyl sites for hydroxylation is 2. The standard InChI is InChI=1S/C21H18FN3O5/c22-16-7-6-13(25(28)29)10-19(16)24-20(26)11-30-21(27)12-5-8-18-15(9-12)14-3-1-2-4-17(14)23-18/h5-10,23H,1-4,11H2,(H,24,26). The number of nitro benzene ring substituents is 1. The SMILES string of the molecule is O=C(COC(=O)c1ccc2[nH]c3c(c2c1)CCCC3)Nc1cc([N+](=O)[O-])ccc1F. The van der Waals surface area contributed by atoms with Crippen molar-refractivity contribution in [2.75, 3.05) is 11.9 Å². The third-order valence-electron chi connectivity index (χ3n) is 5.10. The summed E-state index contributed by atoms with van der Waals surface area (Å²) in [6.45, 7) is -0.649. The molecule has 9 heteroatoms. The summed E-state index contributed by atoms with van der Waals surface area (Å²) in [5, 5.41) is 13.9. The summed E-state index contributed by atoms with van der Waals surface area (Å²) in [5.41, 5.74) is 2.95. The Morgan fingerprint density at radius 1 is 1.17 bits per heavy atom. The van der Waals surface area contributed by atoms with Crippen molar-refractivity contribution in [2.24, 2.45) is 0 Å². The predicted octanol–water partition coefficient (Wildman–Crippen LogP) is 3.89. The maximum atomic E-state index is 13.8. The number of nitrogens with zero attached hydrogens (tertiary/aromatic N) is 1. The number of esters is 1. The number of carbonyl (C=O) groups excluding carboxylic acids is 2. The predicted molar refractivity (Wildman–Crippen MR) is 107 cm³/mol. The fourth-order valence-corrected chi connectivity index (χ4v) is 3.66. The molecule has 30 heavy (non-hydrogen) atoms. The van der Waals surface area contributed by atoms with Crippen LogP contribution in [0.2, 0.25) is 0 Å². The molecule has 1 heterocycles. The number of nitrogens with one attached hydrogen (secondary N) is 2. The van der Waals surface area contributed by atoms with Gasteiger partial charge in [0, 0.05) is 28.7 Å². The molecule has 3 aromatic rings. The lowest BCUT2D eigenvalue weighted by atomic mass is 9.95. The van der Waals surface area contributed by atoms with Crippen LogP contribution in [0, 0.1) is 15.9 Å². The van der Waals surface area contributed by atoms with E-state index >= 15 is 0 Å². The number of hydrogen-bond acceptors (Lipinski definition) is 5. The summed E-state index contributed by atoms with van der Waals surface area (Å²) >= 11 is 0. The molecule has 0 fully saturated rings. The number of halogens is 1. The second kappa shape index (κ2) is 7.94. The molecule has 2 aromatic carbocycles. The minimum atomic E-state index is -0.831. The van der Waals surface area contributed by atoms with Gasteiger partial charge >= 0.3 is 5.97 Å². The van der Waals surface area contributed by atoms with Crippen molar-refractivity contribution in [3.8, 4) is 0 Å². The number of ether oxygens (including phenoxy) is 1. The molecule has 1 aliphatic carbocycles. The smallest absolute Gasteiger partial charge is 0.338 e. The third kappa shape index (κ3) is 3.86. The highest BCUT2D eigenvalue weighted by atomic mass is 19.1. The number of fused-ring (bicyclic) bond motifs is 3. The van der Waals surface area contributed by atoms with Gasteiger partial charge in [0.15, 0.2) is 6.61 Å². The van der Waals surface area contributed by atoms with Gasteiger partial charge in [-0.05, 0) is 55.5 Å². The molecule has 0 saturated carbocycles. The van der Waals surface area contributed by atoms with Gasteiger partial charge in [0.1, 0.15) is 5.82 Å². The topological polar surface area (TPSA) is 114 Å². The normalized spacial score (nSPS) is 13.0. The van der Waals surface area contributed by atoms with Gasteiger partial charge in [-0.25, -0.2) is 9.18 Å². The second-order valence-electron chi connectivity index (χ2n) is 7.10. The minimum Gasteiger partial charge on any atom is -0.452 e. The first-order chi connectivity index (χ1) is 14.4. The number of anilines is 1. The van der Waals surface area contributed by atoms with Crippen LogP contribution in [0.15, 0.2) is 36.4 Å². The molecule has 0 aliphatic heterocycles. The van der Waals surface area contributed by atoms with E-state index in [1.54, 1.807) is 12.1 Å². The van der Waals surface area contributed by atoms with E-state index in [1.165, 1.54) is 11.3 Å². The van der Waals surface area contributed by atoms with Gasteiger partial charge in [-0.1, -0.05) is 0 Å². The van der Waals surface area contributed by atoms with E-state index in [-0.39, 0.29) is 11.4 Å². The number of aromatic amines is 1. The number of H-pyrrole nitrogens is 1. The van der Waals surface area contributed by atoms with Gasteiger partial charge in [0.05, 0.1) is 16.2 Å². The van der Waals surface area contributed by atoms with E-state index in [1.807, 2.05) is 6.07 Å². The van der Waals surface area contributed by atoms with Gasteiger partial charge < -0.3 is 15.0 Å². The fraction of sp³-hybridized carbons (Fsp3) is 0.238. The molecule has 0 atom stereocenters. The van der Waals surface area contributed by atoms with E-state index in [0.717, 1.165) is 54.8 Å². The van der Waals surface area contributed by atoms with E-state index in [9.17, 15) is 24.1 Å². The number of benzene rings is 2. The third-order valence-corrected chi connectivity index (χ3v) is 5.10. The highest BCUT2D eigenvalue weighted by Gasteiger charge is 2.18. The number of rotatable bonds is 5. The monoisotopic (exact) mass is 411 g/mol. The van der Waals surface area contributed by atoms with Crippen LogP contribution in [0.4, 0.5) is 15.8 Å². The molecule has 8 nitrogen and oxygen atoms in total. The average molecular weight is 411 g/mol. The van der Waals surface area contributed by atoms with Crippen molar-refractivity contribution in [3.63, 3.8) is 0 Å². The van der Waals surface area contributed by atoms with Crippen molar-refractivity contribution in [3.05, 3.63) is 69.2 Å². The van der Waals surface area contributed by atoms with Crippen molar-refractivity contribution < 1.29 is 23.6 Å². The number of nitro groups is 1. The fourth-order valence-electron chi connectivity index (χ4n) is 3.66. The van der Waals surface area contributed by atoms with Gasteiger partial charge in [0.25, 0.3) is 11.6 Å². The molecule has 0 bridgehead atoms. The van der Waals surface area contributed by atoms with Crippen LogP contribution >= 0.6 is 0 Å². The van der Waals surface area contributed by atoms with Gasteiger partial charge in [0.2, 0.25) is 0 Å². The molecule has 1 amide bonds. The Kier molecular flexibility index (Phi) is 5.18. The van der Waals surface area contributed by atoms with Crippen LogP contribution in [-0.4, -0.2) is 28.4 Å². The lowest BCUT2D eigenvalue weighted by Gasteiger charge is -2.10. The maximum absolute atomic E-state index is 13.8. The highest BCUT2D eigenvalue weighted by Crippen LogP contribution is 2.30. The Morgan fingerprint density at radius 3 is 2.77 bits per heavy atom. The summed E-state index contributed by atoms with van der Waals surface area (Å²) in [6, 6.07) is 7.94. The first-order valence-electron chi connectivity index (χ1n) is 9.47. The van der Waals surface area contributed by atoms with Crippen LogP contribution in [0.1, 0.15) is 34.5 Å². The molecular formula is C21H18FN3O5. The lowest BCUT2D eigenvalue weighted by molar-refractivity contribution is -0.384. The molecule has 0 unspecified atom stereocenters. The maximum Gasteiger partial charge on any atom is 0.338 e. The van der Waals surface area contributed by atoms with Crippen molar-refractivity contribution in [1.29, 1.82) is 0 Å². The zero-order valence-electron chi connectivity index (χ0n) is 15.9. The molecule has 1 aromatic heterocycles. The summed E-state index contributed by atoms with van der Waals surface area (Å²) in [4.78, 5) is 37.8. The van der Waals surface area contributed by atoms with E-state index in [2.05, 4.69) is 10.3 Å². The Bertz CT molecular complexity index is 1170. The van der Waals surface area contributed by atoms with E-state index in [4.69, 9.17) is 4.74 Å². The molecule has 0 radical (unpaired) electrons. The Balaban J connectivity index is 1.43. The molecule has 2 N–H and O–H groups in total. The molecule has 0 saturated heterocycles. The quantitative estimate of drug-likeness (QED) is 0.376. The van der Waals surface area contributed by atoms with Crippen molar-refractivity contribution >= 4 is 34.2 Å². The van der Waals surface area contributed by atoms with Crippen LogP contribution in [0.3, 0.4) is 0 Å². The largest absolute Gasteiger partial charge is 0.452 e. The second-order valence-corrected chi connectivity index (χ2v) is 7.10. The summed E-state index contributed by atoms with van der Waals surface area (Å²) in [7, 11) is 0. The summed E-state index contributed by atoms with van der Waals surface area (Å²) < 4.78 is 18.8. The minimum absolute atomic E-state index is 0.309. The van der Waals surface area contributed by atoms with Crippen LogP contribution < -0.4 is 5.32 Å². The zero-order valence-corrected chi connectivity index (χ0v) is 15.9. The number of non-ortho nitro benzene ring substituents is 1. The van der Waals surface area contributed by atoms with Gasteiger partial charge in [-0.3, -0.25) is 14.9 Å². The van der Waals surface area contributed by atoms with Crippen LogP contribution in [0.25, 0.3) is 10.9 Å². The molecule has 0 spiro atoms. The molecular weight excluding hydrogens is 393 g/mol. The van der Waals surface area contributed by atoms with E-state index < -0.39 is 29.2 Å². The van der Waals surface area contributed by atoms with Crippen LogP contribution in [0.5, 0.6) is 0 Å². The number of amides is 1. The lowest BCUT2D eigenvalue weighted by Crippen LogP contribution is -2.21. The summed E-state index contributed by atoms with van der Waals surface area (Å²) in [6.07, 6.45) is 4.17. The first-order valence-corrected chi connectivity index (χ1v) is 9.47. The first kappa shape index (κ1) is 19.6. The zero-order chi connectivity index (χ0) is 21.3. The molecule has 4 rings (SSSR count). The van der Waals surface area contributed by atoms with Crippen molar-refractivity contribution in [2.45, 2.75) is 25.7 Å². The van der Waals surface area contributed by atoms with Gasteiger partial charge in [-0.2, -0.15) is 0 Å². The van der Waals surface area contributed by atoms with E-state index in [0.29, 0.717) is 5.56 Å². The van der Waals surface area contributed by atoms with Gasteiger partial charge in [-0.15, -0.1) is 0 Å². The number of hydrogen-bond donors (Lipinski definition) is 2. The number of carbonyl (C=O) groups is 2. The Labute approximate surface area is 170 Å². The highest BCUT2D eigenvalue weighted by molar-refractivity contribution is 5.98.